The predicted molar refractivity (Wildman–Crippen MR) is 51.6 cm³/mol. The molecule has 2 aliphatic heterocycles. The molecular formula is C10H17F3N2. The zero-order chi connectivity index (χ0) is 10.9. The summed E-state index contributed by atoms with van der Waals surface area (Å²) in [5, 5.41) is 3.28. The number of hydrogen-bond acceptors (Lipinski definition) is 2. The van der Waals surface area contributed by atoms with E-state index in [2.05, 4.69) is 5.32 Å². The molecule has 15 heavy (non-hydrogen) atoms. The summed E-state index contributed by atoms with van der Waals surface area (Å²) in [5.74, 6) is 0. The second-order valence-corrected chi connectivity index (χ2v) is 4.83. The van der Waals surface area contributed by atoms with Gasteiger partial charge in [0.2, 0.25) is 0 Å². The summed E-state index contributed by atoms with van der Waals surface area (Å²) in [6.45, 7) is 3.95. The molecule has 2 heterocycles. The van der Waals surface area contributed by atoms with Crippen LogP contribution >= 0.6 is 0 Å². The third kappa shape index (κ3) is 2.84. The Hall–Kier alpha value is -0.290. The van der Waals surface area contributed by atoms with E-state index >= 15 is 0 Å². The minimum Gasteiger partial charge on any atom is -0.317 e. The molecule has 0 amide bonds. The van der Waals surface area contributed by atoms with Gasteiger partial charge in [0.1, 0.15) is 0 Å². The first-order valence-electron chi connectivity index (χ1n) is 5.49. The van der Waals surface area contributed by atoms with Gasteiger partial charge in [0.25, 0.3) is 0 Å². The highest BCUT2D eigenvalue weighted by molar-refractivity contribution is 4.97. The fraction of sp³-hybridized carbons (Fsp3) is 1.00. The van der Waals surface area contributed by atoms with Gasteiger partial charge in [-0.2, -0.15) is 13.2 Å². The summed E-state index contributed by atoms with van der Waals surface area (Å²) in [5.41, 5.74) is 0.344. The average Bonchev–Trinajstić information content (AvgIpc) is 2.11. The molecule has 2 nitrogen and oxygen atoms in total. The number of piperidine rings is 1. The van der Waals surface area contributed by atoms with Crippen LogP contribution < -0.4 is 5.32 Å². The molecule has 2 fully saturated rings. The number of nitrogens with one attached hydrogen (secondary N) is 1. The summed E-state index contributed by atoms with van der Waals surface area (Å²) in [7, 11) is 0. The van der Waals surface area contributed by atoms with Crippen molar-refractivity contribution in [3.05, 3.63) is 0 Å². The van der Waals surface area contributed by atoms with E-state index in [-0.39, 0.29) is 6.54 Å². The number of rotatable bonds is 2. The molecule has 0 radical (unpaired) electrons. The topological polar surface area (TPSA) is 15.3 Å². The van der Waals surface area contributed by atoms with Gasteiger partial charge in [-0.3, -0.25) is 0 Å². The van der Waals surface area contributed by atoms with Crippen molar-refractivity contribution in [2.75, 3.05) is 32.7 Å². The third-order valence-electron chi connectivity index (χ3n) is 3.49. The molecule has 88 valence electrons. The van der Waals surface area contributed by atoms with Crippen LogP contribution in [0, 0.1) is 5.41 Å². The Labute approximate surface area is 87.8 Å². The van der Waals surface area contributed by atoms with Crippen LogP contribution in [0.4, 0.5) is 13.2 Å². The Kier molecular flexibility index (Phi) is 2.94. The second-order valence-electron chi connectivity index (χ2n) is 4.83. The fourth-order valence-corrected chi connectivity index (χ4v) is 2.62. The maximum Gasteiger partial charge on any atom is 0.390 e. The minimum atomic E-state index is -4.00. The van der Waals surface area contributed by atoms with E-state index in [1.807, 2.05) is 4.90 Å². The molecule has 0 aromatic carbocycles. The van der Waals surface area contributed by atoms with Crippen LogP contribution in [0.25, 0.3) is 0 Å². The highest BCUT2D eigenvalue weighted by Gasteiger charge is 2.43. The Morgan fingerprint density at radius 1 is 1.13 bits per heavy atom. The predicted octanol–water partition coefficient (Wildman–Crippen LogP) is 1.62. The van der Waals surface area contributed by atoms with Crippen LogP contribution in [0.2, 0.25) is 0 Å². The molecule has 1 spiro atoms. The Bertz CT molecular complexity index is 213. The smallest absolute Gasteiger partial charge is 0.317 e. The maximum absolute atomic E-state index is 12.0. The standard InChI is InChI=1S/C10H17F3N2/c11-10(12,13)3-6-15-7-9(8-15)1-4-14-5-2-9/h14H,1-8H2. The van der Waals surface area contributed by atoms with Crippen molar-refractivity contribution >= 4 is 0 Å². The lowest BCUT2D eigenvalue weighted by Crippen LogP contribution is -2.60. The molecule has 1 N–H and O–H groups in total. The quantitative estimate of drug-likeness (QED) is 0.764. The highest BCUT2D eigenvalue weighted by atomic mass is 19.4. The molecule has 0 aromatic rings. The monoisotopic (exact) mass is 222 g/mol. The SMILES string of the molecule is FC(F)(F)CCN1CC2(CCNCC2)C1. The van der Waals surface area contributed by atoms with Crippen LogP contribution in [0.5, 0.6) is 0 Å². The van der Waals surface area contributed by atoms with Gasteiger partial charge in [0.05, 0.1) is 6.42 Å². The van der Waals surface area contributed by atoms with E-state index in [4.69, 9.17) is 0 Å². The van der Waals surface area contributed by atoms with E-state index in [1.165, 1.54) is 0 Å². The Morgan fingerprint density at radius 3 is 2.27 bits per heavy atom. The average molecular weight is 222 g/mol. The largest absolute Gasteiger partial charge is 0.390 e. The van der Waals surface area contributed by atoms with Gasteiger partial charge < -0.3 is 10.2 Å². The molecule has 2 rings (SSSR count). The molecule has 0 atom stereocenters. The van der Waals surface area contributed by atoms with Crippen LogP contribution in [0.3, 0.4) is 0 Å². The van der Waals surface area contributed by atoms with Crippen LogP contribution in [0.1, 0.15) is 19.3 Å². The second kappa shape index (κ2) is 3.94. The molecule has 2 aliphatic rings. The normalized spacial score (nSPS) is 26.6. The molecular weight excluding hydrogens is 205 g/mol. The van der Waals surface area contributed by atoms with Gasteiger partial charge in [-0.1, -0.05) is 0 Å². The van der Waals surface area contributed by atoms with E-state index in [0.29, 0.717) is 5.41 Å². The Balaban J connectivity index is 1.69. The van der Waals surface area contributed by atoms with Crippen molar-refractivity contribution in [3.63, 3.8) is 0 Å². The summed E-state index contributed by atoms with van der Waals surface area (Å²) in [6.07, 6.45) is -2.43. The highest BCUT2D eigenvalue weighted by Crippen LogP contribution is 2.39. The lowest BCUT2D eigenvalue weighted by atomic mass is 9.72. The van der Waals surface area contributed by atoms with E-state index in [0.717, 1.165) is 39.0 Å². The first-order chi connectivity index (χ1) is 6.99. The van der Waals surface area contributed by atoms with Gasteiger partial charge in [-0.15, -0.1) is 0 Å². The van der Waals surface area contributed by atoms with Crippen LogP contribution in [-0.4, -0.2) is 43.8 Å². The molecule has 0 saturated carbocycles. The number of hydrogen-bond donors (Lipinski definition) is 1. The summed E-state index contributed by atoms with van der Waals surface area (Å²) in [6, 6.07) is 0. The summed E-state index contributed by atoms with van der Waals surface area (Å²) >= 11 is 0. The molecule has 2 saturated heterocycles. The number of nitrogens with zero attached hydrogens (tertiary/aromatic N) is 1. The van der Waals surface area contributed by atoms with Crippen molar-refractivity contribution in [2.24, 2.45) is 5.41 Å². The number of halogens is 3. The van der Waals surface area contributed by atoms with Crippen molar-refractivity contribution in [3.8, 4) is 0 Å². The molecule has 0 aliphatic carbocycles. The third-order valence-corrected chi connectivity index (χ3v) is 3.49. The summed E-state index contributed by atoms with van der Waals surface area (Å²) in [4.78, 5) is 1.93. The van der Waals surface area contributed by atoms with Crippen molar-refractivity contribution in [2.45, 2.75) is 25.4 Å². The fourth-order valence-electron chi connectivity index (χ4n) is 2.62. The number of likely N-dealkylation sites (tertiary alicyclic amines) is 1. The van der Waals surface area contributed by atoms with E-state index < -0.39 is 12.6 Å². The van der Waals surface area contributed by atoms with E-state index in [9.17, 15) is 13.2 Å². The number of alkyl halides is 3. The van der Waals surface area contributed by atoms with Gasteiger partial charge in [-0.05, 0) is 31.3 Å². The van der Waals surface area contributed by atoms with Crippen molar-refractivity contribution in [1.82, 2.24) is 10.2 Å². The van der Waals surface area contributed by atoms with Gasteiger partial charge in [-0.25, -0.2) is 0 Å². The van der Waals surface area contributed by atoms with Crippen LogP contribution in [-0.2, 0) is 0 Å². The molecule has 0 aromatic heterocycles. The van der Waals surface area contributed by atoms with Crippen molar-refractivity contribution < 1.29 is 13.2 Å². The van der Waals surface area contributed by atoms with Gasteiger partial charge in [0, 0.05) is 19.6 Å². The molecule has 5 heteroatoms. The molecule has 0 unspecified atom stereocenters. The maximum atomic E-state index is 12.0. The Morgan fingerprint density at radius 2 is 1.73 bits per heavy atom. The first kappa shape index (κ1) is 11.2. The zero-order valence-electron chi connectivity index (χ0n) is 8.74. The first-order valence-corrected chi connectivity index (χ1v) is 5.49. The minimum absolute atomic E-state index is 0.179. The van der Waals surface area contributed by atoms with Gasteiger partial charge >= 0.3 is 6.18 Å². The zero-order valence-corrected chi connectivity index (χ0v) is 8.74. The van der Waals surface area contributed by atoms with E-state index in [1.54, 1.807) is 0 Å². The van der Waals surface area contributed by atoms with Crippen LogP contribution in [0.15, 0.2) is 0 Å². The van der Waals surface area contributed by atoms with Crippen molar-refractivity contribution in [1.29, 1.82) is 0 Å². The lowest BCUT2D eigenvalue weighted by Gasteiger charge is -2.52. The lowest BCUT2D eigenvalue weighted by molar-refractivity contribution is -0.146. The molecule has 0 bridgehead atoms. The van der Waals surface area contributed by atoms with Gasteiger partial charge in [0.15, 0.2) is 0 Å². The summed E-state index contributed by atoms with van der Waals surface area (Å²) < 4.78 is 35.9.